The Morgan fingerprint density at radius 3 is 2.00 bits per heavy atom. The van der Waals surface area contributed by atoms with E-state index in [0.717, 1.165) is 17.3 Å². The first-order valence-electron chi connectivity index (χ1n) is 5.20. The van der Waals surface area contributed by atoms with Crippen molar-refractivity contribution in [3.8, 4) is 0 Å². The summed E-state index contributed by atoms with van der Waals surface area (Å²) in [6, 6.07) is 10.2. The van der Waals surface area contributed by atoms with Crippen LogP contribution >= 0.6 is 37.9 Å². The molecular weight excluding hydrogens is 256 g/mol. The summed E-state index contributed by atoms with van der Waals surface area (Å²) in [6.45, 7) is 1.29. The molecule has 0 aliphatic rings. The van der Waals surface area contributed by atoms with Gasteiger partial charge in [-0.25, -0.2) is 0 Å². The van der Waals surface area contributed by atoms with Gasteiger partial charge in [0.05, 0.1) is 13.2 Å². The number of ether oxygens (including phenoxy) is 1. The van der Waals surface area contributed by atoms with Gasteiger partial charge in [0.25, 0.3) is 0 Å². The lowest BCUT2D eigenvalue weighted by Gasteiger charge is -2.28. The first-order valence-corrected chi connectivity index (χ1v) is 7.10. The van der Waals surface area contributed by atoms with Gasteiger partial charge in [-0.05, 0) is 22.8 Å². The van der Waals surface area contributed by atoms with E-state index < -0.39 is 0 Å². The topological polar surface area (TPSA) is 9.23 Å². The Hall–Kier alpha value is 0.230. The molecule has 16 heavy (non-hydrogen) atoms. The molecule has 0 spiro atoms. The Labute approximate surface area is 114 Å². The lowest BCUT2D eigenvalue weighted by Crippen LogP contribution is -2.33. The lowest BCUT2D eigenvalue weighted by molar-refractivity contribution is 0.0664. The van der Waals surface area contributed by atoms with Gasteiger partial charge in [-0.2, -0.15) is 37.9 Å². The highest BCUT2D eigenvalue weighted by Crippen LogP contribution is 2.23. The second-order valence-electron chi connectivity index (χ2n) is 3.95. The van der Waals surface area contributed by atoms with E-state index in [1.807, 2.05) is 18.2 Å². The number of rotatable bonds is 7. The minimum Gasteiger partial charge on any atom is -0.376 e. The molecule has 4 heteroatoms. The van der Waals surface area contributed by atoms with Crippen LogP contribution in [0, 0.1) is 5.41 Å². The SMILES string of the molecule is SCC(CS)(CS)COCc1ccccc1. The summed E-state index contributed by atoms with van der Waals surface area (Å²) in [6.07, 6.45) is 0. The molecule has 0 heterocycles. The zero-order valence-corrected chi connectivity index (χ0v) is 11.9. The molecule has 0 atom stereocenters. The van der Waals surface area contributed by atoms with Crippen LogP contribution in [0.5, 0.6) is 0 Å². The Morgan fingerprint density at radius 2 is 1.50 bits per heavy atom. The molecule has 0 aliphatic carbocycles. The van der Waals surface area contributed by atoms with Gasteiger partial charge < -0.3 is 4.74 Å². The third kappa shape index (κ3) is 4.24. The zero-order chi connectivity index (χ0) is 11.9. The molecule has 1 nitrogen and oxygen atoms in total. The van der Waals surface area contributed by atoms with Crippen LogP contribution in [-0.4, -0.2) is 23.9 Å². The molecule has 0 saturated heterocycles. The molecular formula is C12H18OS3. The Balaban J connectivity index is 2.39. The Morgan fingerprint density at radius 1 is 0.938 bits per heavy atom. The summed E-state index contributed by atoms with van der Waals surface area (Å²) in [4.78, 5) is 0. The largest absolute Gasteiger partial charge is 0.376 e. The molecule has 0 radical (unpaired) electrons. The van der Waals surface area contributed by atoms with Crippen LogP contribution in [0.15, 0.2) is 30.3 Å². The third-order valence-electron chi connectivity index (χ3n) is 2.53. The molecule has 0 aromatic heterocycles. The van der Waals surface area contributed by atoms with Crippen LogP contribution in [0.25, 0.3) is 0 Å². The van der Waals surface area contributed by atoms with Crippen LogP contribution < -0.4 is 0 Å². The Kier molecular flexibility index (Phi) is 6.73. The second kappa shape index (κ2) is 7.54. The minimum absolute atomic E-state index is 0.0237. The van der Waals surface area contributed by atoms with Crippen LogP contribution in [0.4, 0.5) is 0 Å². The summed E-state index contributed by atoms with van der Waals surface area (Å²) in [7, 11) is 0. The van der Waals surface area contributed by atoms with Crippen molar-refractivity contribution in [1.29, 1.82) is 0 Å². The molecule has 0 unspecified atom stereocenters. The fourth-order valence-electron chi connectivity index (χ4n) is 1.25. The summed E-state index contributed by atoms with van der Waals surface area (Å²) < 4.78 is 5.71. The standard InChI is InChI=1S/C12H18OS3/c14-8-12(9-15,10-16)7-13-6-11-4-2-1-3-5-11/h1-5,14-16H,6-10H2. The first kappa shape index (κ1) is 14.3. The molecule has 1 rings (SSSR count). The Bertz CT molecular complexity index is 277. The van der Waals surface area contributed by atoms with Crippen LogP contribution in [0.3, 0.4) is 0 Å². The van der Waals surface area contributed by atoms with Gasteiger partial charge in [0.15, 0.2) is 0 Å². The van der Waals surface area contributed by atoms with Gasteiger partial charge in [-0.1, -0.05) is 30.3 Å². The predicted octanol–water partition coefficient (Wildman–Crippen LogP) is 2.98. The maximum atomic E-state index is 5.71. The van der Waals surface area contributed by atoms with Crippen LogP contribution in [0.1, 0.15) is 5.56 Å². The van der Waals surface area contributed by atoms with Crippen molar-refractivity contribution in [2.75, 3.05) is 23.9 Å². The predicted molar refractivity (Wildman–Crippen MR) is 80.1 cm³/mol. The molecule has 0 bridgehead atoms. The summed E-state index contributed by atoms with van der Waals surface area (Å²) in [5.41, 5.74) is 1.17. The van der Waals surface area contributed by atoms with Crippen LogP contribution in [0.2, 0.25) is 0 Å². The smallest absolute Gasteiger partial charge is 0.0717 e. The summed E-state index contributed by atoms with van der Waals surface area (Å²) in [5.74, 6) is 2.23. The van der Waals surface area contributed by atoms with E-state index in [2.05, 4.69) is 50.0 Å². The fraction of sp³-hybridized carbons (Fsp3) is 0.500. The highest BCUT2D eigenvalue weighted by molar-refractivity contribution is 7.82. The monoisotopic (exact) mass is 274 g/mol. The molecule has 0 aliphatic heterocycles. The van der Waals surface area contributed by atoms with Gasteiger partial charge >= 0.3 is 0 Å². The number of hydrogen-bond donors (Lipinski definition) is 3. The summed E-state index contributed by atoms with van der Waals surface area (Å²) >= 11 is 13.0. The van der Waals surface area contributed by atoms with Crippen molar-refractivity contribution in [2.24, 2.45) is 5.41 Å². The minimum atomic E-state index is -0.0237. The van der Waals surface area contributed by atoms with E-state index in [1.165, 1.54) is 5.56 Å². The van der Waals surface area contributed by atoms with E-state index in [4.69, 9.17) is 4.74 Å². The van der Waals surface area contributed by atoms with E-state index >= 15 is 0 Å². The lowest BCUT2D eigenvalue weighted by atomic mass is 9.97. The van der Waals surface area contributed by atoms with E-state index in [9.17, 15) is 0 Å². The number of thiol groups is 3. The molecule has 1 aromatic carbocycles. The maximum absolute atomic E-state index is 5.71. The molecule has 0 fully saturated rings. The van der Waals surface area contributed by atoms with Gasteiger partial charge in [-0.3, -0.25) is 0 Å². The van der Waals surface area contributed by atoms with Crippen molar-refractivity contribution >= 4 is 37.9 Å². The van der Waals surface area contributed by atoms with Gasteiger partial charge in [0.1, 0.15) is 0 Å². The fourth-order valence-corrected chi connectivity index (χ4v) is 2.72. The van der Waals surface area contributed by atoms with E-state index in [-0.39, 0.29) is 5.41 Å². The second-order valence-corrected chi connectivity index (χ2v) is 4.90. The van der Waals surface area contributed by atoms with Crippen molar-refractivity contribution in [1.82, 2.24) is 0 Å². The van der Waals surface area contributed by atoms with E-state index in [1.54, 1.807) is 0 Å². The van der Waals surface area contributed by atoms with E-state index in [0.29, 0.717) is 13.2 Å². The first-order chi connectivity index (χ1) is 7.76. The van der Waals surface area contributed by atoms with Crippen molar-refractivity contribution in [2.45, 2.75) is 6.61 Å². The molecule has 1 aromatic rings. The average Bonchev–Trinajstić information content (AvgIpc) is 2.37. The van der Waals surface area contributed by atoms with Crippen LogP contribution in [-0.2, 0) is 11.3 Å². The van der Waals surface area contributed by atoms with Gasteiger partial charge in [-0.15, -0.1) is 0 Å². The van der Waals surface area contributed by atoms with Crippen molar-refractivity contribution in [3.63, 3.8) is 0 Å². The normalized spacial score (nSPS) is 11.7. The number of hydrogen-bond acceptors (Lipinski definition) is 4. The highest BCUT2D eigenvalue weighted by Gasteiger charge is 2.25. The third-order valence-corrected chi connectivity index (χ3v) is 4.54. The summed E-state index contributed by atoms with van der Waals surface area (Å²) in [5, 5.41) is 0. The van der Waals surface area contributed by atoms with Crippen molar-refractivity contribution in [3.05, 3.63) is 35.9 Å². The molecule has 0 saturated carbocycles. The molecule has 0 amide bonds. The van der Waals surface area contributed by atoms with Crippen molar-refractivity contribution < 1.29 is 4.74 Å². The quantitative estimate of drug-likeness (QED) is 0.648. The molecule has 90 valence electrons. The highest BCUT2D eigenvalue weighted by atomic mass is 32.1. The van der Waals surface area contributed by atoms with Gasteiger partial charge in [0, 0.05) is 5.41 Å². The maximum Gasteiger partial charge on any atom is 0.0717 e. The molecule has 0 N–H and O–H groups in total. The number of benzene rings is 1. The average molecular weight is 274 g/mol. The zero-order valence-electron chi connectivity index (χ0n) is 9.17. The van der Waals surface area contributed by atoms with Gasteiger partial charge in [0.2, 0.25) is 0 Å².